The SMILES string of the molecule is CC1CC(c2nc(C3CCCCN3)no2)CO1. The summed E-state index contributed by atoms with van der Waals surface area (Å²) < 4.78 is 10.9. The molecule has 3 rings (SSSR count). The molecule has 2 saturated heterocycles. The topological polar surface area (TPSA) is 60.2 Å². The lowest BCUT2D eigenvalue weighted by Crippen LogP contribution is -2.27. The van der Waals surface area contributed by atoms with Crippen LogP contribution in [-0.2, 0) is 4.74 Å². The van der Waals surface area contributed by atoms with Crippen molar-refractivity contribution in [3.63, 3.8) is 0 Å². The van der Waals surface area contributed by atoms with E-state index in [4.69, 9.17) is 9.26 Å². The lowest BCUT2D eigenvalue weighted by atomic mass is 10.0. The van der Waals surface area contributed by atoms with Crippen LogP contribution in [0.5, 0.6) is 0 Å². The van der Waals surface area contributed by atoms with Crippen LogP contribution < -0.4 is 5.32 Å². The van der Waals surface area contributed by atoms with E-state index in [0.717, 1.165) is 31.1 Å². The molecule has 2 fully saturated rings. The molecule has 0 radical (unpaired) electrons. The molecule has 0 saturated carbocycles. The Kier molecular flexibility index (Phi) is 3.11. The Morgan fingerprint density at radius 3 is 3.00 bits per heavy atom. The van der Waals surface area contributed by atoms with Gasteiger partial charge >= 0.3 is 0 Å². The van der Waals surface area contributed by atoms with Gasteiger partial charge in [0.2, 0.25) is 5.89 Å². The Bertz CT molecular complexity index is 354. The molecule has 2 aliphatic rings. The minimum absolute atomic E-state index is 0.279. The van der Waals surface area contributed by atoms with Crippen molar-refractivity contribution in [3.8, 4) is 0 Å². The predicted octanol–water partition coefficient (Wildman–Crippen LogP) is 1.78. The summed E-state index contributed by atoms with van der Waals surface area (Å²) in [7, 11) is 0. The van der Waals surface area contributed by atoms with Crippen molar-refractivity contribution in [3.05, 3.63) is 11.7 Å². The van der Waals surface area contributed by atoms with Crippen LogP contribution in [0.15, 0.2) is 4.52 Å². The molecule has 3 unspecified atom stereocenters. The average Bonchev–Trinajstić information content (AvgIpc) is 2.98. The molecule has 1 aromatic rings. The van der Waals surface area contributed by atoms with Crippen LogP contribution in [0.4, 0.5) is 0 Å². The van der Waals surface area contributed by atoms with Gasteiger partial charge in [0.05, 0.1) is 24.7 Å². The number of hydrogen-bond acceptors (Lipinski definition) is 5. The maximum Gasteiger partial charge on any atom is 0.232 e. The zero-order valence-electron chi connectivity index (χ0n) is 10.2. The van der Waals surface area contributed by atoms with E-state index in [1.807, 2.05) is 0 Å². The van der Waals surface area contributed by atoms with Crippen molar-refractivity contribution < 1.29 is 9.26 Å². The average molecular weight is 237 g/mol. The van der Waals surface area contributed by atoms with Crippen LogP contribution in [0.1, 0.15) is 56.3 Å². The van der Waals surface area contributed by atoms with Gasteiger partial charge in [0.1, 0.15) is 0 Å². The fourth-order valence-corrected chi connectivity index (χ4v) is 2.62. The lowest BCUT2D eigenvalue weighted by molar-refractivity contribution is 0.122. The third-order valence-corrected chi connectivity index (χ3v) is 3.63. The molecule has 0 bridgehead atoms. The highest BCUT2D eigenvalue weighted by atomic mass is 16.5. The molecular weight excluding hydrogens is 218 g/mol. The number of rotatable bonds is 2. The molecular formula is C12H19N3O2. The molecule has 1 N–H and O–H groups in total. The normalized spacial score (nSPS) is 34.1. The molecule has 0 spiro atoms. The summed E-state index contributed by atoms with van der Waals surface area (Å²) in [5.41, 5.74) is 0. The Morgan fingerprint density at radius 2 is 2.29 bits per heavy atom. The maximum absolute atomic E-state index is 5.53. The molecule has 0 aromatic carbocycles. The van der Waals surface area contributed by atoms with Crippen molar-refractivity contribution in [1.29, 1.82) is 0 Å². The second kappa shape index (κ2) is 4.74. The third-order valence-electron chi connectivity index (χ3n) is 3.63. The van der Waals surface area contributed by atoms with Crippen LogP contribution in [0.25, 0.3) is 0 Å². The first kappa shape index (κ1) is 11.2. The number of aromatic nitrogens is 2. The highest BCUT2D eigenvalue weighted by Crippen LogP contribution is 2.29. The van der Waals surface area contributed by atoms with Crippen LogP contribution >= 0.6 is 0 Å². The van der Waals surface area contributed by atoms with Gasteiger partial charge in [-0.1, -0.05) is 11.6 Å². The summed E-state index contributed by atoms with van der Waals surface area (Å²) in [6.45, 7) is 3.85. The summed E-state index contributed by atoms with van der Waals surface area (Å²) in [4.78, 5) is 4.53. The van der Waals surface area contributed by atoms with Gasteiger partial charge in [-0.3, -0.25) is 0 Å². The summed E-state index contributed by atoms with van der Waals surface area (Å²) in [6.07, 6.45) is 4.89. The van der Waals surface area contributed by atoms with Crippen molar-refractivity contribution in [2.45, 2.75) is 50.7 Å². The molecule has 0 aliphatic carbocycles. The standard InChI is InChI=1S/C12H19N3O2/c1-8-6-9(7-16-8)12-14-11(15-17-12)10-4-2-3-5-13-10/h8-10,13H,2-7H2,1H3. The van der Waals surface area contributed by atoms with Crippen LogP contribution in [0.2, 0.25) is 0 Å². The van der Waals surface area contributed by atoms with E-state index < -0.39 is 0 Å². The summed E-state index contributed by atoms with van der Waals surface area (Å²) >= 11 is 0. The number of hydrogen-bond donors (Lipinski definition) is 1. The Morgan fingerprint density at radius 1 is 1.35 bits per heavy atom. The Hall–Kier alpha value is -0.940. The zero-order chi connectivity index (χ0) is 11.7. The first-order valence-corrected chi connectivity index (χ1v) is 6.51. The monoisotopic (exact) mass is 237 g/mol. The molecule has 5 nitrogen and oxygen atoms in total. The first-order chi connectivity index (χ1) is 8.33. The van der Waals surface area contributed by atoms with Crippen molar-refractivity contribution in [1.82, 2.24) is 15.5 Å². The van der Waals surface area contributed by atoms with Crippen LogP contribution in [0, 0.1) is 0 Å². The highest BCUT2D eigenvalue weighted by Gasteiger charge is 2.29. The van der Waals surface area contributed by atoms with E-state index in [9.17, 15) is 0 Å². The maximum atomic E-state index is 5.53. The van der Waals surface area contributed by atoms with Gasteiger partial charge in [-0.2, -0.15) is 4.98 Å². The number of ether oxygens (including phenoxy) is 1. The molecule has 3 atom stereocenters. The Labute approximate surface area is 101 Å². The van der Waals surface area contributed by atoms with E-state index in [2.05, 4.69) is 22.4 Å². The van der Waals surface area contributed by atoms with E-state index in [-0.39, 0.29) is 12.0 Å². The van der Waals surface area contributed by atoms with Gasteiger partial charge in [-0.15, -0.1) is 0 Å². The minimum Gasteiger partial charge on any atom is -0.378 e. The van der Waals surface area contributed by atoms with Gasteiger partial charge < -0.3 is 14.6 Å². The van der Waals surface area contributed by atoms with E-state index in [1.165, 1.54) is 12.8 Å². The van der Waals surface area contributed by atoms with Crippen molar-refractivity contribution in [2.24, 2.45) is 0 Å². The molecule has 5 heteroatoms. The van der Waals surface area contributed by atoms with Crippen LogP contribution in [-0.4, -0.2) is 29.4 Å². The minimum atomic E-state index is 0.279. The predicted molar refractivity (Wildman–Crippen MR) is 61.7 cm³/mol. The van der Waals surface area contributed by atoms with Gasteiger partial charge in [-0.05, 0) is 32.7 Å². The van der Waals surface area contributed by atoms with Crippen LogP contribution in [0.3, 0.4) is 0 Å². The molecule has 17 heavy (non-hydrogen) atoms. The fourth-order valence-electron chi connectivity index (χ4n) is 2.62. The quantitative estimate of drug-likeness (QED) is 0.849. The molecule has 0 amide bonds. The number of piperidine rings is 1. The van der Waals surface area contributed by atoms with E-state index >= 15 is 0 Å². The van der Waals surface area contributed by atoms with Gasteiger partial charge in [0, 0.05) is 0 Å². The first-order valence-electron chi connectivity index (χ1n) is 6.51. The van der Waals surface area contributed by atoms with E-state index in [0.29, 0.717) is 12.7 Å². The van der Waals surface area contributed by atoms with Crippen molar-refractivity contribution >= 4 is 0 Å². The lowest BCUT2D eigenvalue weighted by Gasteiger charge is -2.19. The van der Waals surface area contributed by atoms with E-state index in [1.54, 1.807) is 0 Å². The highest BCUT2D eigenvalue weighted by molar-refractivity contribution is 5.01. The third kappa shape index (κ3) is 2.35. The molecule has 1 aromatic heterocycles. The summed E-state index contributed by atoms with van der Waals surface area (Å²) in [5.74, 6) is 1.85. The largest absolute Gasteiger partial charge is 0.378 e. The molecule has 3 heterocycles. The summed E-state index contributed by atoms with van der Waals surface area (Å²) in [5, 5.41) is 7.54. The number of nitrogens with one attached hydrogen (secondary N) is 1. The second-order valence-corrected chi connectivity index (χ2v) is 5.07. The smallest absolute Gasteiger partial charge is 0.232 e. The fraction of sp³-hybridized carbons (Fsp3) is 0.833. The zero-order valence-corrected chi connectivity index (χ0v) is 10.2. The summed E-state index contributed by atoms with van der Waals surface area (Å²) in [6, 6.07) is 0.279. The number of nitrogens with zero attached hydrogens (tertiary/aromatic N) is 2. The molecule has 2 aliphatic heterocycles. The van der Waals surface area contributed by atoms with Gasteiger partial charge in [-0.25, -0.2) is 0 Å². The van der Waals surface area contributed by atoms with Gasteiger partial charge in [0.15, 0.2) is 5.82 Å². The second-order valence-electron chi connectivity index (χ2n) is 5.07. The molecule has 94 valence electrons. The Balaban J connectivity index is 1.69. The van der Waals surface area contributed by atoms with Gasteiger partial charge in [0.25, 0.3) is 0 Å². The van der Waals surface area contributed by atoms with Crippen molar-refractivity contribution in [2.75, 3.05) is 13.2 Å².